The summed E-state index contributed by atoms with van der Waals surface area (Å²) in [5.41, 5.74) is 2.50. The van der Waals surface area contributed by atoms with E-state index in [4.69, 9.17) is 0 Å². The Morgan fingerprint density at radius 1 is 1.58 bits per heavy atom. The van der Waals surface area contributed by atoms with Crippen LogP contribution in [0.3, 0.4) is 0 Å². The predicted molar refractivity (Wildman–Crippen MR) is 46.9 cm³/mol. The minimum Gasteiger partial charge on any atom is -0.365 e. The van der Waals surface area contributed by atoms with Crippen LogP contribution < -0.4 is 0 Å². The molecule has 2 heterocycles. The zero-order valence-corrected chi connectivity index (χ0v) is 6.99. The van der Waals surface area contributed by atoms with Gasteiger partial charge in [0.1, 0.15) is 0 Å². The molecule has 0 atom stereocenters. The van der Waals surface area contributed by atoms with E-state index in [0.717, 1.165) is 6.54 Å². The zero-order valence-electron chi connectivity index (χ0n) is 6.99. The Hall–Kier alpha value is -1.51. The standard InChI is InChI=1S/C9H11N3/c1-8-9(3-5-10-8)7-12-6-2-4-11-12/h2-6,10H,7H2,1H3. The maximum atomic E-state index is 4.14. The zero-order chi connectivity index (χ0) is 8.39. The van der Waals surface area contributed by atoms with Gasteiger partial charge in [-0.1, -0.05) is 0 Å². The summed E-state index contributed by atoms with van der Waals surface area (Å²) in [6.45, 7) is 2.92. The first kappa shape index (κ1) is 7.16. The van der Waals surface area contributed by atoms with Crippen molar-refractivity contribution in [3.63, 3.8) is 0 Å². The van der Waals surface area contributed by atoms with Gasteiger partial charge < -0.3 is 4.98 Å². The Morgan fingerprint density at radius 3 is 3.08 bits per heavy atom. The van der Waals surface area contributed by atoms with Gasteiger partial charge in [-0.25, -0.2) is 0 Å². The van der Waals surface area contributed by atoms with Crippen molar-refractivity contribution in [3.05, 3.63) is 42.0 Å². The molecular weight excluding hydrogens is 150 g/mol. The monoisotopic (exact) mass is 161 g/mol. The molecule has 2 rings (SSSR count). The lowest BCUT2D eigenvalue weighted by atomic mass is 10.2. The van der Waals surface area contributed by atoms with E-state index in [9.17, 15) is 0 Å². The number of nitrogens with one attached hydrogen (secondary N) is 1. The Morgan fingerprint density at radius 2 is 2.50 bits per heavy atom. The van der Waals surface area contributed by atoms with Crippen molar-refractivity contribution < 1.29 is 0 Å². The highest BCUT2D eigenvalue weighted by atomic mass is 15.3. The lowest BCUT2D eigenvalue weighted by Crippen LogP contribution is -1.99. The Kier molecular flexibility index (Phi) is 1.70. The molecule has 0 spiro atoms. The minimum atomic E-state index is 0.850. The van der Waals surface area contributed by atoms with Gasteiger partial charge in [0.25, 0.3) is 0 Å². The topological polar surface area (TPSA) is 33.6 Å². The smallest absolute Gasteiger partial charge is 0.0676 e. The Labute approximate surface area is 71.0 Å². The van der Waals surface area contributed by atoms with Gasteiger partial charge in [-0.2, -0.15) is 5.10 Å². The highest BCUT2D eigenvalue weighted by Gasteiger charge is 1.98. The third-order valence-corrected chi connectivity index (χ3v) is 1.96. The molecule has 2 aromatic rings. The lowest BCUT2D eigenvalue weighted by molar-refractivity contribution is 0.684. The molecule has 0 unspecified atom stereocenters. The molecule has 0 aliphatic carbocycles. The second-order valence-electron chi connectivity index (χ2n) is 2.83. The van der Waals surface area contributed by atoms with Crippen LogP contribution in [0.4, 0.5) is 0 Å². The highest BCUT2D eigenvalue weighted by molar-refractivity contribution is 5.18. The number of rotatable bonds is 2. The van der Waals surface area contributed by atoms with Gasteiger partial charge in [0.05, 0.1) is 6.54 Å². The summed E-state index contributed by atoms with van der Waals surface area (Å²) in [5.74, 6) is 0. The third kappa shape index (κ3) is 1.25. The number of aromatic amines is 1. The molecule has 3 heteroatoms. The van der Waals surface area contributed by atoms with E-state index in [1.165, 1.54) is 11.3 Å². The second kappa shape index (κ2) is 2.85. The van der Waals surface area contributed by atoms with Crippen molar-refractivity contribution >= 4 is 0 Å². The van der Waals surface area contributed by atoms with E-state index < -0.39 is 0 Å². The second-order valence-corrected chi connectivity index (χ2v) is 2.83. The molecule has 0 fully saturated rings. The molecule has 0 saturated carbocycles. The van der Waals surface area contributed by atoms with Crippen LogP contribution in [-0.2, 0) is 6.54 Å². The number of hydrogen-bond acceptors (Lipinski definition) is 1. The molecule has 0 aromatic carbocycles. The van der Waals surface area contributed by atoms with Crippen LogP contribution in [0.15, 0.2) is 30.7 Å². The van der Waals surface area contributed by atoms with Crippen molar-refractivity contribution in [2.24, 2.45) is 0 Å². The van der Waals surface area contributed by atoms with E-state index in [2.05, 4.69) is 23.1 Å². The van der Waals surface area contributed by atoms with Crippen LogP contribution >= 0.6 is 0 Å². The van der Waals surface area contributed by atoms with Crippen LogP contribution in [0.2, 0.25) is 0 Å². The van der Waals surface area contributed by atoms with E-state index >= 15 is 0 Å². The number of aryl methyl sites for hydroxylation is 1. The van der Waals surface area contributed by atoms with Gasteiger partial charge >= 0.3 is 0 Å². The van der Waals surface area contributed by atoms with Gasteiger partial charge in [-0.15, -0.1) is 0 Å². The summed E-state index contributed by atoms with van der Waals surface area (Å²) in [4.78, 5) is 3.14. The van der Waals surface area contributed by atoms with Gasteiger partial charge in [0.15, 0.2) is 0 Å². The van der Waals surface area contributed by atoms with Crippen LogP contribution in [0.1, 0.15) is 11.3 Å². The van der Waals surface area contributed by atoms with Crippen molar-refractivity contribution in [1.29, 1.82) is 0 Å². The van der Waals surface area contributed by atoms with Crippen LogP contribution in [0, 0.1) is 6.92 Å². The summed E-state index contributed by atoms with van der Waals surface area (Å²) in [6, 6.07) is 4.01. The first-order valence-electron chi connectivity index (χ1n) is 3.96. The Balaban J connectivity index is 2.20. The number of H-pyrrole nitrogens is 1. The number of nitrogens with zero attached hydrogens (tertiary/aromatic N) is 2. The third-order valence-electron chi connectivity index (χ3n) is 1.96. The average molecular weight is 161 g/mol. The molecule has 12 heavy (non-hydrogen) atoms. The first-order valence-corrected chi connectivity index (χ1v) is 3.96. The van der Waals surface area contributed by atoms with Gasteiger partial charge in [0.2, 0.25) is 0 Å². The quantitative estimate of drug-likeness (QED) is 0.712. The number of aromatic nitrogens is 3. The fraction of sp³-hybridized carbons (Fsp3) is 0.222. The largest absolute Gasteiger partial charge is 0.365 e. The summed E-state index contributed by atoms with van der Waals surface area (Å²) in [7, 11) is 0. The maximum Gasteiger partial charge on any atom is 0.0676 e. The minimum absolute atomic E-state index is 0.850. The SMILES string of the molecule is Cc1[nH]ccc1Cn1cccn1. The highest BCUT2D eigenvalue weighted by Crippen LogP contribution is 2.05. The summed E-state index contributed by atoms with van der Waals surface area (Å²) < 4.78 is 1.91. The lowest BCUT2D eigenvalue weighted by Gasteiger charge is -1.99. The molecule has 62 valence electrons. The molecule has 1 N–H and O–H groups in total. The van der Waals surface area contributed by atoms with E-state index in [1.807, 2.05) is 23.1 Å². The van der Waals surface area contributed by atoms with Gasteiger partial charge in [-0.05, 0) is 24.6 Å². The molecule has 0 amide bonds. The molecule has 0 saturated heterocycles. The van der Waals surface area contributed by atoms with Crippen molar-refractivity contribution in [3.8, 4) is 0 Å². The van der Waals surface area contributed by atoms with E-state index in [1.54, 1.807) is 6.20 Å². The van der Waals surface area contributed by atoms with E-state index in [-0.39, 0.29) is 0 Å². The molecule has 2 aromatic heterocycles. The Bertz CT molecular complexity index is 345. The summed E-state index contributed by atoms with van der Waals surface area (Å²) in [5, 5.41) is 4.14. The fourth-order valence-corrected chi connectivity index (χ4v) is 1.22. The molecule has 0 aliphatic heterocycles. The molecular formula is C9H11N3. The molecule has 0 radical (unpaired) electrons. The fourth-order valence-electron chi connectivity index (χ4n) is 1.22. The van der Waals surface area contributed by atoms with Crippen molar-refractivity contribution in [2.75, 3.05) is 0 Å². The van der Waals surface area contributed by atoms with Crippen molar-refractivity contribution in [1.82, 2.24) is 14.8 Å². The van der Waals surface area contributed by atoms with Gasteiger partial charge in [-0.3, -0.25) is 4.68 Å². The van der Waals surface area contributed by atoms with Crippen LogP contribution in [0.25, 0.3) is 0 Å². The first-order chi connectivity index (χ1) is 5.86. The average Bonchev–Trinajstić information content (AvgIpc) is 2.65. The summed E-state index contributed by atoms with van der Waals surface area (Å²) >= 11 is 0. The predicted octanol–water partition coefficient (Wildman–Crippen LogP) is 1.57. The molecule has 0 bridgehead atoms. The van der Waals surface area contributed by atoms with E-state index in [0.29, 0.717) is 0 Å². The van der Waals surface area contributed by atoms with Crippen LogP contribution in [-0.4, -0.2) is 14.8 Å². The maximum absolute atomic E-state index is 4.14. The van der Waals surface area contributed by atoms with Gasteiger partial charge in [0, 0.05) is 24.3 Å². The molecule has 0 aliphatic rings. The number of hydrogen-bond donors (Lipinski definition) is 1. The van der Waals surface area contributed by atoms with Crippen LogP contribution in [0.5, 0.6) is 0 Å². The molecule has 3 nitrogen and oxygen atoms in total. The van der Waals surface area contributed by atoms with Crippen molar-refractivity contribution in [2.45, 2.75) is 13.5 Å². The normalized spacial score (nSPS) is 10.4. The summed E-state index contributed by atoms with van der Waals surface area (Å²) in [6.07, 6.45) is 5.71.